The number of ether oxygens (including phenoxy) is 1. The molecule has 3 N–H and O–H groups in total. The summed E-state index contributed by atoms with van der Waals surface area (Å²) in [6.45, 7) is 1.31. The molecule has 106 valence electrons. The van der Waals surface area contributed by atoms with Crippen molar-refractivity contribution in [2.45, 2.75) is 12.8 Å². The Bertz CT molecular complexity index is 543. The normalized spacial score (nSPS) is 18.0. The lowest BCUT2D eigenvalue weighted by Crippen LogP contribution is -2.30. The van der Waals surface area contributed by atoms with Gasteiger partial charge in [0.2, 0.25) is 5.91 Å². The van der Waals surface area contributed by atoms with E-state index in [2.05, 4.69) is 17.2 Å². The number of amides is 1. The molecule has 1 unspecified atom stereocenters. The molecular weight excluding hydrogens is 259 g/mol. The van der Waals surface area contributed by atoms with Crippen LogP contribution in [0.2, 0.25) is 0 Å². The van der Waals surface area contributed by atoms with E-state index in [9.17, 15) is 9.18 Å². The van der Waals surface area contributed by atoms with Crippen LogP contribution in [0.4, 0.5) is 10.1 Å². The van der Waals surface area contributed by atoms with Crippen LogP contribution in [-0.4, -0.2) is 25.7 Å². The fraction of sp³-hybridized carbons (Fsp3) is 0.400. The quantitative estimate of drug-likeness (QED) is 0.805. The molecule has 0 bridgehead atoms. The van der Waals surface area contributed by atoms with Crippen molar-refractivity contribution in [1.82, 2.24) is 0 Å². The highest BCUT2D eigenvalue weighted by atomic mass is 19.1. The summed E-state index contributed by atoms with van der Waals surface area (Å²) in [5.41, 5.74) is 6.02. The molecule has 20 heavy (non-hydrogen) atoms. The third-order valence-corrected chi connectivity index (χ3v) is 3.09. The monoisotopic (exact) mass is 276 g/mol. The summed E-state index contributed by atoms with van der Waals surface area (Å²) in [5.74, 6) is 4.56. The van der Waals surface area contributed by atoms with Gasteiger partial charge in [-0.05, 0) is 31.0 Å². The van der Waals surface area contributed by atoms with Crippen LogP contribution < -0.4 is 11.1 Å². The first-order valence-corrected chi connectivity index (χ1v) is 6.58. The Morgan fingerprint density at radius 2 is 2.40 bits per heavy atom. The van der Waals surface area contributed by atoms with Gasteiger partial charge in [-0.15, -0.1) is 0 Å². The van der Waals surface area contributed by atoms with Crippen molar-refractivity contribution < 1.29 is 13.9 Å². The van der Waals surface area contributed by atoms with Crippen LogP contribution in [-0.2, 0) is 9.53 Å². The van der Waals surface area contributed by atoms with Gasteiger partial charge in [-0.2, -0.15) is 0 Å². The van der Waals surface area contributed by atoms with Crippen molar-refractivity contribution >= 4 is 11.6 Å². The summed E-state index contributed by atoms with van der Waals surface area (Å²) >= 11 is 0. The van der Waals surface area contributed by atoms with Gasteiger partial charge in [0.25, 0.3) is 0 Å². The maximum Gasteiger partial charge on any atom is 0.229 e. The van der Waals surface area contributed by atoms with Gasteiger partial charge >= 0.3 is 0 Å². The van der Waals surface area contributed by atoms with Crippen molar-refractivity contribution in [1.29, 1.82) is 0 Å². The average molecular weight is 276 g/mol. The zero-order valence-corrected chi connectivity index (χ0v) is 11.1. The number of halogens is 1. The van der Waals surface area contributed by atoms with Crippen LogP contribution in [0.15, 0.2) is 18.2 Å². The van der Waals surface area contributed by atoms with Crippen LogP contribution in [0, 0.1) is 23.6 Å². The van der Waals surface area contributed by atoms with E-state index in [1.807, 2.05) is 0 Å². The third-order valence-electron chi connectivity index (χ3n) is 3.09. The summed E-state index contributed by atoms with van der Waals surface area (Å²) in [7, 11) is 0. The number of hydrogen-bond donors (Lipinski definition) is 2. The Morgan fingerprint density at radius 3 is 3.10 bits per heavy atom. The molecule has 0 aromatic heterocycles. The van der Waals surface area contributed by atoms with Gasteiger partial charge < -0.3 is 15.8 Å². The molecule has 1 amide bonds. The van der Waals surface area contributed by atoms with Crippen molar-refractivity contribution in [3.05, 3.63) is 29.6 Å². The van der Waals surface area contributed by atoms with Gasteiger partial charge in [0.05, 0.1) is 24.6 Å². The average Bonchev–Trinajstić information content (AvgIpc) is 2.48. The van der Waals surface area contributed by atoms with Crippen LogP contribution in [0.5, 0.6) is 0 Å². The van der Waals surface area contributed by atoms with Gasteiger partial charge in [0, 0.05) is 12.3 Å². The SMILES string of the molecule is NCC#Cc1cc(NC(=O)C2CCCOC2)ccc1F. The molecule has 4 nitrogen and oxygen atoms in total. The van der Waals surface area contributed by atoms with E-state index in [0.717, 1.165) is 12.8 Å². The topological polar surface area (TPSA) is 64.3 Å². The Hall–Kier alpha value is -1.90. The van der Waals surface area contributed by atoms with Crippen molar-refractivity contribution in [2.24, 2.45) is 11.7 Å². The first kappa shape index (κ1) is 14.5. The standard InChI is InChI=1S/C15H17FN2O2/c16-14-6-5-13(9-11(14)3-1-7-17)18-15(19)12-4-2-8-20-10-12/h5-6,9,12H,2,4,7-8,10,17H2,(H,18,19). The summed E-state index contributed by atoms with van der Waals surface area (Å²) in [5, 5.41) is 2.77. The van der Waals surface area contributed by atoms with Gasteiger partial charge in [0.15, 0.2) is 0 Å². The molecule has 1 aromatic carbocycles. The molecule has 5 heteroatoms. The molecule has 1 atom stereocenters. The van der Waals surface area contributed by atoms with Crippen LogP contribution >= 0.6 is 0 Å². The highest BCUT2D eigenvalue weighted by molar-refractivity contribution is 5.92. The fourth-order valence-corrected chi connectivity index (χ4v) is 2.04. The minimum atomic E-state index is -0.426. The number of nitrogens with two attached hydrogens (primary N) is 1. The number of hydrogen-bond acceptors (Lipinski definition) is 3. The number of nitrogens with one attached hydrogen (secondary N) is 1. The molecular formula is C15H17FN2O2. The first-order chi connectivity index (χ1) is 9.70. The summed E-state index contributed by atoms with van der Waals surface area (Å²) in [6, 6.07) is 4.32. The van der Waals surface area contributed by atoms with Crippen molar-refractivity contribution in [3.8, 4) is 11.8 Å². The smallest absolute Gasteiger partial charge is 0.229 e. The molecule has 1 fully saturated rings. The highest BCUT2D eigenvalue weighted by Gasteiger charge is 2.21. The lowest BCUT2D eigenvalue weighted by molar-refractivity contribution is -0.123. The van der Waals surface area contributed by atoms with E-state index in [-0.39, 0.29) is 23.9 Å². The molecule has 1 aliphatic rings. The molecule has 1 heterocycles. The second-order valence-corrected chi connectivity index (χ2v) is 4.60. The molecule has 0 radical (unpaired) electrons. The van der Waals surface area contributed by atoms with Gasteiger partial charge in [-0.25, -0.2) is 4.39 Å². The van der Waals surface area contributed by atoms with Crippen molar-refractivity contribution in [3.63, 3.8) is 0 Å². The van der Waals surface area contributed by atoms with Crippen LogP contribution in [0.3, 0.4) is 0 Å². The first-order valence-electron chi connectivity index (χ1n) is 6.58. The molecule has 0 spiro atoms. The van der Waals surface area contributed by atoms with E-state index >= 15 is 0 Å². The summed E-state index contributed by atoms with van der Waals surface area (Å²) < 4.78 is 18.8. The fourth-order valence-electron chi connectivity index (χ4n) is 2.04. The van der Waals surface area contributed by atoms with Gasteiger partial charge in [0.1, 0.15) is 5.82 Å². The predicted molar refractivity (Wildman–Crippen MR) is 74.5 cm³/mol. The van der Waals surface area contributed by atoms with Crippen LogP contribution in [0.25, 0.3) is 0 Å². The second kappa shape index (κ2) is 7.04. The predicted octanol–water partition coefficient (Wildman–Crippen LogP) is 1.50. The van der Waals surface area contributed by atoms with E-state index in [4.69, 9.17) is 10.5 Å². The van der Waals surface area contributed by atoms with Gasteiger partial charge in [-0.1, -0.05) is 11.8 Å². The zero-order chi connectivity index (χ0) is 14.4. The third kappa shape index (κ3) is 3.80. The molecule has 1 aromatic rings. The zero-order valence-electron chi connectivity index (χ0n) is 11.1. The molecule has 2 rings (SSSR count). The summed E-state index contributed by atoms with van der Waals surface area (Å²) in [6.07, 6.45) is 1.70. The van der Waals surface area contributed by atoms with E-state index < -0.39 is 5.82 Å². The molecule has 0 saturated carbocycles. The summed E-state index contributed by atoms with van der Waals surface area (Å²) in [4.78, 5) is 12.0. The van der Waals surface area contributed by atoms with E-state index in [1.165, 1.54) is 18.2 Å². The molecule has 1 aliphatic heterocycles. The molecule has 1 saturated heterocycles. The van der Waals surface area contributed by atoms with Crippen LogP contribution in [0.1, 0.15) is 18.4 Å². The van der Waals surface area contributed by atoms with E-state index in [0.29, 0.717) is 18.9 Å². The van der Waals surface area contributed by atoms with Crippen molar-refractivity contribution in [2.75, 3.05) is 25.1 Å². The maximum atomic E-state index is 13.5. The number of carbonyl (C=O) groups is 1. The maximum absolute atomic E-state index is 13.5. The minimum absolute atomic E-state index is 0.103. The van der Waals surface area contributed by atoms with Gasteiger partial charge in [-0.3, -0.25) is 4.79 Å². The Kier molecular flexibility index (Phi) is 5.10. The lowest BCUT2D eigenvalue weighted by atomic mass is 10.0. The minimum Gasteiger partial charge on any atom is -0.381 e. The second-order valence-electron chi connectivity index (χ2n) is 4.60. The Balaban J connectivity index is 2.07. The Labute approximate surface area is 117 Å². The molecule has 0 aliphatic carbocycles. The van der Waals surface area contributed by atoms with E-state index in [1.54, 1.807) is 0 Å². The number of benzene rings is 1. The Morgan fingerprint density at radius 1 is 1.55 bits per heavy atom. The highest BCUT2D eigenvalue weighted by Crippen LogP contribution is 2.18. The number of carbonyl (C=O) groups excluding carboxylic acids is 1. The number of rotatable bonds is 2. The lowest BCUT2D eigenvalue weighted by Gasteiger charge is -2.21. The largest absolute Gasteiger partial charge is 0.381 e. The number of anilines is 1.